The van der Waals surface area contributed by atoms with E-state index >= 15 is 0 Å². The van der Waals surface area contributed by atoms with Crippen LogP contribution in [0.1, 0.15) is 6.42 Å². The summed E-state index contributed by atoms with van der Waals surface area (Å²) in [5, 5.41) is 16.7. The number of halogens is 1. The van der Waals surface area contributed by atoms with Crippen molar-refractivity contribution in [2.75, 3.05) is 6.61 Å². The maximum Gasteiger partial charge on any atom is 0.403 e. The number of rotatable bonds is 5. The van der Waals surface area contributed by atoms with Crippen LogP contribution in [0.2, 0.25) is 0 Å². The Bertz CT molecular complexity index is 225. The standard InChI is InChI=1S/C6H7ClO6/c7-6(12)13-2-3(5(10)11)1-4(8)9/h3H,1-2H2,(H,8,9)(H,10,11). The second kappa shape index (κ2) is 5.36. The molecule has 0 aromatic carbocycles. The molecular formula is C6H7ClO6. The maximum atomic E-state index is 10.3. The average molecular weight is 211 g/mol. The van der Waals surface area contributed by atoms with Gasteiger partial charge in [0.15, 0.2) is 0 Å². The van der Waals surface area contributed by atoms with Crippen LogP contribution in [0.25, 0.3) is 0 Å². The van der Waals surface area contributed by atoms with Crippen LogP contribution in [-0.2, 0) is 14.3 Å². The lowest BCUT2D eigenvalue weighted by molar-refractivity contribution is -0.149. The van der Waals surface area contributed by atoms with Gasteiger partial charge in [0, 0.05) is 11.6 Å². The smallest absolute Gasteiger partial charge is 0.403 e. The fourth-order valence-electron chi connectivity index (χ4n) is 0.594. The van der Waals surface area contributed by atoms with Gasteiger partial charge in [-0.3, -0.25) is 9.59 Å². The Hall–Kier alpha value is -1.30. The molecule has 0 rings (SSSR count). The Morgan fingerprint density at radius 2 is 1.85 bits per heavy atom. The summed E-state index contributed by atoms with van der Waals surface area (Å²) in [4.78, 5) is 30.5. The van der Waals surface area contributed by atoms with Crippen LogP contribution in [0, 0.1) is 5.92 Å². The van der Waals surface area contributed by atoms with Gasteiger partial charge in [0.2, 0.25) is 0 Å². The molecule has 74 valence electrons. The zero-order chi connectivity index (χ0) is 10.4. The molecule has 0 bridgehead atoms. The van der Waals surface area contributed by atoms with E-state index in [1.165, 1.54) is 0 Å². The van der Waals surface area contributed by atoms with E-state index in [2.05, 4.69) is 4.74 Å². The van der Waals surface area contributed by atoms with Gasteiger partial charge in [0.05, 0.1) is 6.42 Å². The summed E-state index contributed by atoms with van der Waals surface area (Å²) < 4.78 is 4.15. The molecule has 0 fully saturated rings. The number of carboxylic acid groups (broad SMARTS) is 2. The quantitative estimate of drug-likeness (QED) is 0.642. The zero-order valence-corrected chi connectivity index (χ0v) is 7.15. The molecule has 6 nitrogen and oxygen atoms in total. The highest BCUT2D eigenvalue weighted by Crippen LogP contribution is 2.05. The predicted molar refractivity (Wildman–Crippen MR) is 40.6 cm³/mol. The zero-order valence-electron chi connectivity index (χ0n) is 6.40. The Balaban J connectivity index is 4.02. The highest BCUT2D eigenvalue weighted by atomic mass is 35.5. The fourth-order valence-corrected chi connectivity index (χ4v) is 0.657. The lowest BCUT2D eigenvalue weighted by Crippen LogP contribution is -2.23. The topological polar surface area (TPSA) is 101 Å². The van der Waals surface area contributed by atoms with Gasteiger partial charge in [-0.25, -0.2) is 4.79 Å². The van der Waals surface area contributed by atoms with Crippen molar-refractivity contribution in [2.24, 2.45) is 5.92 Å². The number of carboxylic acids is 2. The molecule has 0 aromatic rings. The van der Waals surface area contributed by atoms with Crippen molar-refractivity contribution in [3.63, 3.8) is 0 Å². The Morgan fingerprint density at radius 1 is 1.31 bits per heavy atom. The molecule has 0 aliphatic rings. The van der Waals surface area contributed by atoms with E-state index in [9.17, 15) is 14.4 Å². The summed E-state index contributed by atoms with van der Waals surface area (Å²) >= 11 is 4.76. The van der Waals surface area contributed by atoms with Crippen molar-refractivity contribution in [2.45, 2.75) is 6.42 Å². The fraction of sp³-hybridized carbons (Fsp3) is 0.500. The van der Waals surface area contributed by atoms with Crippen LogP contribution >= 0.6 is 11.6 Å². The molecule has 0 amide bonds. The molecule has 13 heavy (non-hydrogen) atoms. The molecule has 1 atom stereocenters. The molecule has 0 aliphatic carbocycles. The summed E-state index contributed by atoms with van der Waals surface area (Å²) in [6, 6.07) is 0. The second-order valence-corrected chi connectivity index (χ2v) is 2.49. The first-order valence-corrected chi connectivity index (χ1v) is 3.58. The van der Waals surface area contributed by atoms with E-state index in [0.29, 0.717) is 0 Å². The third-order valence-corrected chi connectivity index (χ3v) is 1.28. The van der Waals surface area contributed by atoms with Gasteiger partial charge in [-0.15, -0.1) is 0 Å². The Labute approximate surface area is 78.1 Å². The molecule has 0 saturated carbocycles. The molecule has 0 aromatic heterocycles. The number of hydrogen-bond acceptors (Lipinski definition) is 4. The van der Waals surface area contributed by atoms with Gasteiger partial charge < -0.3 is 14.9 Å². The first-order valence-electron chi connectivity index (χ1n) is 3.20. The summed E-state index contributed by atoms with van der Waals surface area (Å²) in [6.07, 6.45) is -0.612. The van der Waals surface area contributed by atoms with Crippen LogP contribution in [0.5, 0.6) is 0 Å². The Kier molecular flexibility index (Phi) is 4.83. The molecular weight excluding hydrogens is 204 g/mol. The summed E-state index contributed by atoms with van der Waals surface area (Å²) in [7, 11) is 0. The van der Waals surface area contributed by atoms with Gasteiger partial charge >= 0.3 is 17.4 Å². The van der Waals surface area contributed by atoms with Crippen molar-refractivity contribution in [1.29, 1.82) is 0 Å². The normalized spacial score (nSPS) is 11.8. The van der Waals surface area contributed by atoms with Gasteiger partial charge in [-0.1, -0.05) is 0 Å². The summed E-state index contributed by atoms with van der Waals surface area (Å²) in [5.41, 5.74) is -1.16. The number of carbonyl (C=O) groups is 3. The lowest BCUT2D eigenvalue weighted by atomic mass is 10.1. The van der Waals surface area contributed by atoms with Crippen LogP contribution in [0.3, 0.4) is 0 Å². The van der Waals surface area contributed by atoms with E-state index in [1.807, 2.05) is 0 Å². The van der Waals surface area contributed by atoms with Crippen molar-refractivity contribution in [3.8, 4) is 0 Å². The number of ether oxygens (including phenoxy) is 1. The van der Waals surface area contributed by atoms with Gasteiger partial charge in [0.25, 0.3) is 0 Å². The molecule has 0 aliphatic heterocycles. The third kappa shape index (κ3) is 5.92. The van der Waals surface area contributed by atoms with Gasteiger partial charge in [-0.05, 0) is 0 Å². The maximum absolute atomic E-state index is 10.3. The monoisotopic (exact) mass is 210 g/mol. The van der Waals surface area contributed by atoms with Crippen molar-refractivity contribution in [1.82, 2.24) is 0 Å². The minimum atomic E-state index is -1.35. The van der Waals surface area contributed by atoms with Gasteiger partial charge in [-0.2, -0.15) is 0 Å². The van der Waals surface area contributed by atoms with Crippen molar-refractivity contribution >= 4 is 29.0 Å². The Morgan fingerprint density at radius 3 is 2.15 bits per heavy atom. The average Bonchev–Trinajstić information content (AvgIpc) is 1.96. The molecule has 2 N–H and O–H groups in total. The molecule has 1 unspecified atom stereocenters. The third-order valence-electron chi connectivity index (χ3n) is 1.17. The molecule has 0 radical (unpaired) electrons. The first-order chi connectivity index (χ1) is 5.93. The minimum Gasteiger partial charge on any atom is -0.481 e. The number of carbonyl (C=O) groups excluding carboxylic acids is 1. The second-order valence-electron chi connectivity index (χ2n) is 2.18. The van der Waals surface area contributed by atoms with Gasteiger partial charge in [0.1, 0.15) is 12.5 Å². The van der Waals surface area contributed by atoms with E-state index < -0.39 is 36.3 Å². The van der Waals surface area contributed by atoms with E-state index in [-0.39, 0.29) is 0 Å². The summed E-state index contributed by atoms with van der Waals surface area (Å²) in [6.45, 7) is -0.538. The first kappa shape index (κ1) is 11.7. The van der Waals surface area contributed by atoms with Crippen LogP contribution < -0.4 is 0 Å². The minimum absolute atomic E-state index is 0.538. The molecule has 0 heterocycles. The molecule has 0 spiro atoms. The highest BCUT2D eigenvalue weighted by Gasteiger charge is 2.22. The summed E-state index contributed by atoms with van der Waals surface area (Å²) in [5.74, 6) is -3.89. The highest BCUT2D eigenvalue weighted by molar-refractivity contribution is 6.61. The van der Waals surface area contributed by atoms with E-state index in [1.54, 1.807) is 0 Å². The van der Waals surface area contributed by atoms with Crippen LogP contribution in [0.4, 0.5) is 4.79 Å². The van der Waals surface area contributed by atoms with E-state index in [0.717, 1.165) is 0 Å². The molecule has 7 heteroatoms. The van der Waals surface area contributed by atoms with E-state index in [4.69, 9.17) is 21.8 Å². The SMILES string of the molecule is O=C(O)CC(COC(=O)Cl)C(=O)O. The van der Waals surface area contributed by atoms with Crippen molar-refractivity contribution < 1.29 is 29.3 Å². The van der Waals surface area contributed by atoms with Crippen LogP contribution in [0.15, 0.2) is 0 Å². The lowest BCUT2D eigenvalue weighted by Gasteiger charge is -2.07. The number of aliphatic carboxylic acids is 2. The van der Waals surface area contributed by atoms with Crippen molar-refractivity contribution in [3.05, 3.63) is 0 Å². The largest absolute Gasteiger partial charge is 0.481 e. The molecule has 0 saturated heterocycles. The van der Waals surface area contributed by atoms with Crippen LogP contribution in [-0.4, -0.2) is 34.2 Å². The number of hydrogen-bond donors (Lipinski definition) is 2. The predicted octanol–water partition coefficient (Wildman–Crippen LogP) is 0.537.